The number of piperidine rings is 3. The van der Waals surface area contributed by atoms with Gasteiger partial charge in [-0.3, -0.25) is 4.90 Å². The second kappa shape index (κ2) is 9.57. The number of nitrogens with one attached hydrogen (secondary N) is 1. The van der Waals surface area contributed by atoms with Crippen LogP contribution in [0.15, 0.2) is 54.6 Å². The standard InChI is InChI=1S/C27H31FN4O/c1-18-30-26(20-5-7-22(28)8-6-20)14-27(31-18)25-17-32-12-11-21(25)13-23(32)16-29-15-19-3-9-24(33-2)10-4-19/h3-10,14,21,23,25,29H,11-13,15-17H2,1-2H3. The summed E-state index contributed by atoms with van der Waals surface area (Å²) in [4.78, 5) is 12.1. The number of ether oxygens (including phenoxy) is 1. The number of hydrogen-bond acceptors (Lipinski definition) is 5. The van der Waals surface area contributed by atoms with Gasteiger partial charge < -0.3 is 10.1 Å². The Morgan fingerprint density at radius 1 is 1.09 bits per heavy atom. The van der Waals surface area contributed by atoms with Gasteiger partial charge in [-0.05, 0) is 80.3 Å². The van der Waals surface area contributed by atoms with Crippen molar-refractivity contribution in [2.45, 2.75) is 38.3 Å². The Bertz CT molecular complexity index is 1090. The number of fused-ring (bicyclic) bond motifs is 3. The lowest BCUT2D eigenvalue weighted by Crippen LogP contribution is -2.55. The van der Waals surface area contributed by atoms with Gasteiger partial charge in [0.25, 0.3) is 0 Å². The summed E-state index contributed by atoms with van der Waals surface area (Å²) >= 11 is 0. The molecule has 4 heterocycles. The van der Waals surface area contributed by atoms with Crippen molar-refractivity contribution in [2.75, 3.05) is 26.7 Å². The molecule has 4 unspecified atom stereocenters. The minimum absolute atomic E-state index is 0.228. The maximum absolute atomic E-state index is 13.4. The first-order valence-electron chi connectivity index (χ1n) is 11.8. The first-order chi connectivity index (χ1) is 16.1. The van der Waals surface area contributed by atoms with Gasteiger partial charge in [-0.1, -0.05) is 12.1 Å². The molecule has 3 aliphatic rings. The summed E-state index contributed by atoms with van der Waals surface area (Å²) in [6, 6.07) is 17.5. The number of aryl methyl sites for hydroxylation is 1. The molecule has 6 heteroatoms. The molecule has 3 aliphatic heterocycles. The molecule has 1 aromatic heterocycles. The number of rotatable bonds is 7. The van der Waals surface area contributed by atoms with Crippen molar-refractivity contribution in [1.29, 1.82) is 0 Å². The highest BCUT2D eigenvalue weighted by Gasteiger charge is 2.41. The fourth-order valence-electron chi connectivity index (χ4n) is 5.36. The third kappa shape index (κ3) is 4.92. The fraction of sp³-hybridized carbons (Fsp3) is 0.407. The number of halogens is 1. The zero-order chi connectivity index (χ0) is 22.8. The van der Waals surface area contributed by atoms with Gasteiger partial charge in [0.15, 0.2) is 0 Å². The van der Waals surface area contributed by atoms with Crippen LogP contribution in [-0.2, 0) is 6.54 Å². The minimum atomic E-state index is -0.228. The predicted molar refractivity (Wildman–Crippen MR) is 128 cm³/mol. The van der Waals surface area contributed by atoms with Crippen LogP contribution in [0.4, 0.5) is 4.39 Å². The van der Waals surface area contributed by atoms with Gasteiger partial charge >= 0.3 is 0 Å². The second-order valence-corrected chi connectivity index (χ2v) is 9.25. The molecular weight excluding hydrogens is 415 g/mol. The summed E-state index contributed by atoms with van der Waals surface area (Å²) in [6.45, 7) is 6.01. The van der Waals surface area contributed by atoms with Gasteiger partial charge in [0.2, 0.25) is 0 Å². The molecule has 0 aliphatic carbocycles. The Labute approximate surface area is 195 Å². The summed E-state index contributed by atoms with van der Waals surface area (Å²) in [5.41, 5.74) is 4.22. The Balaban J connectivity index is 1.23. The van der Waals surface area contributed by atoms with Gasteiger partial charge in [-0.15, -0.1) is 0 Å². The SMILES string of the molecule is COc1ccc(CNCC2CC3CCN2CC3c2cc(-c3ccc(F)cc3)nc(C)n2)cc1. The van der Waals surface area contributed by atoms with E-state index >= 15 is 0 Å². The molecule has 0 saturated carbocycles. The number of hydrogen-bond donors (Lipinski definition) is 1. The smallest absolute Gasteiger partial charge is 0.126 e. The Morgan fingerprint density at radius 3 is 2.58 bits per heavy atom. The van der Waals surface area contributed by atoms with Gasteiger partial charge in [0, 0.05) is 42.9 Å². The second-order valence-electron chi connectivity index (χ2n) is 9.25. The molecule has 172 valence electrons. The largest absolute Gasteiger partial charge is 0.497 e. The zero-order valence-corrected chi connectivity index (χ0v) is 19.3. The lowest BCUT2D eigenvalue weighted by Gasteiger charge is -2.50. The van der Waals surface area contributed by atoms with Crippen LogP contribution in [0.3, 0.4) is 0 Å². The highest BCUT2D eigenvalue weighted by atomic mass is 19.1. The summed E-state index contributed by atoms with van der Waals surface area (Å²) in [7, 11) is 1.69. The van der Waals surface area contributed by atoms with Crippen molar-refractivity contribution in [3.05, 3.63) is 77.5 Å². The Kier molecular flexibility index (Phi) is 6.38. The van der Waals surface area contributed by atoms with E-state index in [-0.39, 0.29) is 5.82 Å². The van der Waals surface area contributed by atoms with Crippen molar-refractivity contribution >= 4 is 0 Å². The normalized spacial score (nSPS) is 24.1. The van der Waals surface area contributed by atoms with E-state index in [1.165, 1.54) is 30.5 Å². The third-order valence-electron chi connectivity index (χ3n) is 7.12. The Morgan fingerprint density at radius 2 is 1.88 bits per heavy atom. The molecular formula is C27H31FN4O. The molecule has 0 radical (unpaired) electrons. The molecule has 2 bridgehead atoms. The van der Waals surface area contributed by atoms with Gasteiger partial charge in [0.05, 0.1) is 12.8 Å². The van der Waals surface area contributed by atoms with E-state index in [4.69, 9.17) is 9.72 Å². The minimum Gasteiger partial charge on any atom is -0.497 e. The van der Waals surface area contributed by atoms with Crippen LogP contribution < -0.4 is 10.1 Å². The molecule has 0 amide bonds. The molecule has 0 spiro atoms. The third-order valence-corrected chi connectivity index (χ3v) is 7.12. The number of nitrogens with zero attached hydrogens (tertiary/aromatic N) is 3. The number of methoxy groups -OCH3 is 1. The molecule has 3 saturated heterocycles. The van der Waals surface area contributed by atoms with Crippen LogP contribution in [0, 0.1) is 18.7 Å². The number of aromatic nitrogens is 2. The van der Waals surface area contributed by atoms with Crippen LogP contribution in [0.2, 0.25) is 0 Å². The van der Waals surface area contributed by atoms with Crippen molar-refractivity contribution in [1.82, 2.24) is 20.2 Å². The van der Waals surface area contributed by atoms with E-state index in [2.05, 4.69) is 33.4 Å². The van der Waals surface area contributed by atoms with Crippen molar-refractivity contribution in [2.24, 2.45) is 5.92 Å². The summed E-state index contributed by atoms with van der Waals surface area (Å²) in [5, 5.41) is 3.65. The monoisotopic (exact) mass is 446 g/mol. The van der Waals surface area contributed by atoms with Crippen LogP contribution >= 0.6 is 0 Å². The van der Waals surface area contributed by atoms with Gasteiger partial charge in [-0.25, -0.2) is 14.4 Å². The lowest BCUT2D eigenvalue weighted by atomic mass is 9.74. The molecule has 3 aromatic rings. The van der Waals surface area contributed by atoms with E-state index in [0.717, 1.165) is 54.7 Å². The first-order valence-corrected chi connectivity index (χ1v) is 11.8. The molecule has 4 atom stereocenters. The fourth-order valence-corrected chi connectivity index (χ4v) is 5.36. The maximum Gasteiger partial charge on any atom is 0.126 e. The Hall–Kier alpha value is -2.83. The highest BCUT2D eigenvalue weighted by molar-refractivity contribution is 5.59. The quantitative estimate of drug-likeness (QED) is 0.576. The number of benzene rings is 2. The van der Waals surface area contributed by atoms with Crippen molar-refractivity contribution < 1.29 is 9.13 Å². The molecule has 33 heavy (non-hydrogen) atoms. The van der Waals surface area contributed by atoms with E-state index in [1.54, 1.807) is 19.2 Å². The van der Waals surface area contributed by atoms with Crippen LogP contribution in [-0.4, -0.2) is 47.7 Å². The van der Waals surface area contributed by atoms with Gasteiger partial charge in [-0.2, -0.15) is 0 Å². The molecule has 1 N–H and O–H groups in total. The summed E-state index contributed by atoms with van der Waals surface area (Å²) in [5.74, 6) is 2.51. The summed E-state index contributed by atoms with van der Waals surface area (Å²) < 4.78 is 18.6. The van der Waals surface area contributed by atoms with E-state index in [9.17, 15) is 4.39 Å². The zero-order valence-electron chi connectivity index (χ0n) is 19.3. The molecule has 3 fully saturated rings. The van der Waals surface area contributed by atoms with Gasteiger partial charge in [0.1, 0.15) is 17.4 Å². The van der Waals surface area contributed by atoms with Crippen LogP contribution in [0.25, 0.3) is 11.3 Å². The van der Waals surface area contributed by atoms with Crippen LogP contribution in [0.5, 0.6) is 5.75 Å². The average Bonchev–Trinajstić information content (AvgIpc) is 2.85. The molecule has 6 rings (SSSR count). The van der Waals surface area contributed by atoms with E-state index < -0.39 is 0 Å². The molecule has 2 aromatic carbocycles. The lowest BCUT2D eigenvalue weighted by molar-refractivity contribution is 0.0292. The van der Waals surface area contributed by atoms with Crippen molar-refractivity contribution in [3.8, 4) is 17.0 Å². The topological polar surface area (TPSA) is 50.3 Å². The van der Waals surface area contributed by atoms with Crippen molar-refractivity contribution in [3.63, 3.8) is 0 Å². The summed E-state index contributed by atoms with van der Waals surface area (Å²) in [6.07, 6.45) is 2.41. The van der Waals surface area contributed by atoms with Crippen LogP contribution in [0.1, 0.15) is 35.8 Å². The predicted octanol–water partition coefficient (Wildman–Crippen LogP) is 4.57. The maximum atomic E-state index is 13.4. The first kappa shape index (κ1) is 22.0. The average molecular weight is 447 g/mol. The van der Waals surface area contributed by atoms with E-state index in [1.807, 2.05) is 19.1 Å². The highest BCUT2D eigenvalue weighted by Crippen LogP contribution is 2.41. The molecule has 5 nitrogen and oxygen atoms in total. The van der Waals surface area contributed by atoms with E-state index in [0.29, 0.717) is 17.9 Å².